The number of hydrogen-bond donors (Lipinski definition) is 2. The third-order valence-electron chi connectivity index (χ3n) is 2.58. The zero-order chi connectivity index (χ0) is 13.5. The third-order valence-corrected chi connectivity index (χ3v) is 2.58. The number of nitrogens with zero attached hydrogens (tertiary/aromatic N) is 3. The lowest BCUT2D eigenvalue weighted by Gasteiger charge is -2.20. The Morgan fingerprint density at radius 2 is 2.06 bits per heavy atom. The van der Waals surface area contributed by atoms with Gasteiger partial charge in [-0.1, -0.05) is 0 Å². The molecule has 0 fully saturated rings. The van der Waals surface area contributed by atoms with Crippen LogP contribution in [0.3, 0.4) is 0 Å². The molecule has 1 aromatic heterocycles. The largest absolute Gasteiger partial charge is 0.369 e. The molecular formula is C12H21N5O. The van der Waals surface area contributed by atoms with Crippen molar-refractivity contribution in [2.75, 3.05) is 30.8 Å². The second kappa shape index (κ2) is 6.78. The van der Waals surface area contributed by atoms with Crippen molar-refractivity contribution in [3.05, 3.63) is 12.4 Å². The monoisotopic (exact) mass is 251 g/mol. The van der Waals surface area contributed by atoms with Crippen LogP contribution in [0.25, 0.3) is 0 Å². The molecule has 1 rings (SSSR count). The SMILES string of the molecule is CCNc1cncc(NC(C)C(=O)N(C)CC)n1. The fraction of sp³-hybridized carbons (Fsp3) is 0.583. The van der Waals surface area contributed by atoms with Crippen LogP contribution in [-0.4, -0.2) is 47.0 Å². The maximum absolute atomic E-state index is 11.9. The van der Waals surface area contributed by atoms with Gasteiger partial charge in [0.05, 0.1) is 12.4 Å². The minimum Gasteiger partial charge on any atom is -0.369 e. The average molecular weight is 251 g/mol. The van der Waals surface area contributed by atoms with Crippen LogP contribution in [-0.2, 0) is 4.79 Å². The first-order valence-corrected chi connectivity index (χ1v) is 6.15. The van der Waals surface area contributed by atoms with E-state index in [0.29, 0.717) is 18.2 Å². The first kappa shape index (κ1) is 14.2. The highest BCUT2D eigenvalue weighted by Crippen LogP contribution is 2.08. The predicted octanol–water partition coefficient (Wildman–Crippen LogP) is 1.19. The van der Waals surface area contributed by atoms with Gasteiger partial charge in [0.15, 0.2) is 0 Å². The van der Waals surface area contributed by atoms with Gasteiger partial charge in [-0.05, 0) is 20.8 Å². The molecule has 100 valence electrons. The Bertz CT molecular complexity index is 396. The van der Waals surface area contributed by atoms with Gasteiger partial charge in [0.25, 0.3) is 0 Å². The molecule has 0 saturated carbocycles. The number of carbonyl (C=O) groups is 1. The second-order valence-corrected chi connectivity index (χ2v) is 4.04. The molecule has 1 unspecified atom stereocenters. The van der Waals surface area contributed by atoms with Gasteiger partial charge >= 0.3 is 0 Å². The Kier molecular flexibility index (Phi) is 5.35. The molecule has 1 atom stereocenters. The van der Waals surface area contributed by atoms with Crippen molar-refractivity contribution in [3.63, 3.8) is 0 Å². The molecule has 6 heteroatoms. The average Bonchev–Trinajstić information content (AvgIpc) is 2.37. The molecule has 6 nitrogen and oxygen atoms in total. The zero-order valence-corrected chi connectivity index (χ0v) is 11.4. The summed E-state index contributed by atoms with van der Waals surface area (Å²) in [6, 6.07) is -0.318. The summed E-state index contributed by atoms with van der Waals surface area (Å²) in [6.07, 6.45) is 3.26. The van der Waals surface area contributed by atoms with Crippen LogP contribution in [0.1, 0.15) is 20.8 Å². The highest BCUT2D eigenvalue weighted by molar-refractivity contribution is 5.83. The molecule has 0 radical (unpaired) electrons. The third kappa shape index (κ3) is 3.87. The van der Waals surface area contributed by atoms with Gasteiger partial charge in [-0.15, -0.1) is 0 Å². The lowest BCUT2D eigenvalue weighted by molar-refractivity contribution is -0.130. The molecule has 0 aromatic carbocycles. The van der Waals surface area contributed by atoms with Crippen LogP contribution >= 0.6 is 0 Å². The molecule has 18 heavy (non-hydrogen) atoms. The van der Waals surface area contributed by atoms with E-state index in [1.807, 2.05) is 20.8 Å². The number of anilines is 2. The molecular weight excluding hydrogens is 230 g/mol. The quantitative estimate of drug-likeness (QED) is 0.794. The van der Waals surface area contributed by atoms with Crippen LogP contribution in [0, 0.1) is 0 Å². The second-order valence-electron chi connectivity index (χ2n) is 4.04. The maximum Gasteiger partial charge on any atom is 0.244 e. The van der Waals surface area contributed by atoms with Crippen molar-refractivity contribution in [1.29, 1.82) is 0 Å². The smallest absolute Gasteiger partial charge is 0.244 e. The first-order chi connectivity index (χ1) is 8.58. The van der Waals surface area contributed by atoms with Crippen LogP contribution in [0.2, 0.25) is 0 Å². The summed E-state index contributed by atoms with van der Waals surface area (Å²) in [5.41, 5.74) is 0. The van der Waals surface area contributed by atoms with Gasteiger partial charge in [0.1, 0.15) is 17.7 Å². The lowest BCUT2D eigenvalue weighted by Crippen LogP contribution is -2.39. The van der Waals surface area contributed by atoms with E-state index in [0.717, 1.165) is 6.54 Å². The molecule has 2 N–H and O–H groups in total. The van der Waals surface area contributed by atoms with E-state index >= 15 is 0 Å². The van der Waals surface area contributed by atoms with Crippen LogP contribution < -0.4 is 10.6 Å². The van der Waals surface area contributed by atoms with Gasteiger partial charge < -0.3 is 15.5 Å². The molecule has 0 aliphatic heterocycles. The van der Waals surface area contributed by atoms with Crippen LogP contribution in [0.15, 0.2) is 12.4 Å². The number of aromatic nitrogens is 2. The summed E-state index contributed by atoms with van der Waals surface area (Å²) >= 11 is 0. The summed E-state index contributed by atoms with van der Waals surface area (Å²) in [5.74, 6) is 1.33. The molecule has 1 heterocycles. The van der Waals surface area contributed by atoms with Gasteiger partial charge in [0.2, 0.25) is 5.91 Å². The molecule has 0 aliphatic carbocycles. The number of nitrogens with one attached hydrogen (secondary N) is 2. The molecule has 0 aliphatic rings. The van der Waals surface area contributed by atoms with Gasteiger partial charge in [-0.3, -0.25) is 9.78 Å². The van der Waals surface area contributed by atoms with E-state index in [1.54, 1.807) is 24.3 Å². The van der Waals surface area contributed by atoms with Gasteiger partial charge in [-0.25, -0.2) is 4.98 Å². The minimum atomic E-state index is -0.318. The lowest BCUT2D eigenvalue weighted by atomic mass is 10.3. The Balaban J connectivity index is 2.66. The molecule has 0 bridgehead atoms. The highest BCUT2D eigenvalue weighted by Gasteiger charge is 2.16. The Morgan fingerprint density at radius 3 is 2.67 bits per heavy atom. The van der Waals surface area contributed by atoms with Crippen molar-refractivity contribution in [2.24, 2.45) is 0 Å². The Labute approximate surface area is 108 Å². The predicted molar refractivity (Wildman–Crippen MR) is 72.6 cm³/mol. The number of rotatable bonds is 6. The summed E-state index contributed by atoms with van der Waals surface area (Å²) in [4.78, 5) is 21.9. The standard InChI is InChI=1S/C12H21N5O/c1-5-14-10-7-13-8-11(16-10)15-9(3)12(18)17(4)6-2/h7-9H,5-6H2,1-4H3,(H2,14,15,16). The number of carbonyl (C=O) groups excluding carboxylic acids is 1. The van der Waals surface area contributed by atoms with Gasteiger partial charge in [0, 0.05) is 20.1 Å². The number of amides is 1. The van der Waals surface area contributed by atoms with E-state index in [2.05, 4.69) is 20.6 Å². The van der Waals surface area contributed by atoms with E-state index < -0.39 is 0 Å². The van der Waals surface area contributed by atoms with E-state index in [4.69, 9.17) is 0 Å². The van der Waals surface area contributed by atoms with Crippen molar-refractivity contribution in [3.8, 4) is 0 Å². The van der Waals surface area contributed by atoms with Crippen LogP contribution in [0.4, 0.5) is 11.6 Å². The number of hydrogen-bond acceptors (Lipinski definition) is 5. The first-order valence-electron chi connectivity index (χ1n) is 6.15. The topological polar surface area (TPSA) is 70.2 Å². The summed E-state index contributed by atoms with van der Waals surface area (Å²) in [5, 5.41) is 6.13. The Hall–Kier alpha value is -1.85. The van der Waals surface area contributed by atoms with E-state index in [9.17, 15) is 4.79 Å². The zero-order valence-electron chi connectivity index (χ0n) is 11.4. The summed E-state index contributed by atoms with van der Waals surface area (Å²) < 4.78 is 0. The fourth-order valence-corrected chi connectivity index (χ4v) is 1.47. The normalized spacial score (nSPS) is 11.8. The minimum absolute atomic E-state index is 0.0353. The van der Waals surface area contributed by atoms with Crippen LogP contribution in [0.5, 0.6) is 0 Å². The molecule has 1 amide bonds. The van der Waals surface area contributed by atoms with Gasteiger partial charge in [-0.2, -0.15) is 0 Å². The van der Waals surface area contributed by atoms with Crippen molar-refractivity contribution < 1.29 is 4.79 Å². The summed E-state index contributed by atoms with van der Waals surface area (Å²) in [6.45, 7) is 7.22. The Morgan fingerprint density at radius 1 is 1.39 bits per heavy atom. The summed E-state index contributed by atoms with van der Waals surface area (Å²) in [7, 11) is 1.78. The van der Waals surface area contributed by atoms with E-state index in [-0.39, 0.29) is 11.9 Å². The van der Waals surface area contributed by atoms with Crippen molar-refractivity contribution in [2.45, 2.75) is 26.8 Å². The fourth-order valence-electron chi connectivity index (χ4n) is 1.47. The molecule has 0 spiro atoms. The highest BCUT2D eigenvalue weighted by atomic mass is 16.2. The number of likely N-dealkylation sites (N-methyl/N-ethyl adjacent to an activating group) is 1. The molecule has 0 saturated heterocycles. The van der Waals surface area contributed by atoms with Crippen molar-refractivity contribution in [1.82, 2.24) is 14.9 Å². The van der Waals surface area contributed by atoms with E-state index in [1.165, 1.54) is 0 Å². The van der Waals surface area contributed by atoms with Crippen molar-refractivity contribution >= 4 is 17.5 Å². The molecule has 1 aromatic rings. The maximum atomic E-state index is 11.9.